The van der Waals surface area contributed by atoms with Crippen molar-refractivity contribution in [3.63, 3.8) is 0 Å². The Morgan fingerprint density at radius 2 is 1.56 bits per heavy atom. The first-order chi connectivity index (χ1) is 7.41. The van der Waals surface area contributed by atoms with Crippen LogP contribution in [-0.2, 0) is 4.79 Å². The van der Waals surface area contributed by atoms with Crippen molar-refractivity contribution in [2.45, 2.75) is 20.8 Å². The molecule has 16 heavy (non-hydrogen) atoms. The van der Waals surface area contributed by atoms with E-state index in [4.69, 9.17) is 5.11 Å². The number of ketones is 1. The summed E-state index contributed by atoms with van der Waals surface area (Å²) in [6, 6.07) is 3.82. The van der Waals surface area contributed by atoms with Gasteiger partial charge in [-0.05, 0) is 38.0 Å². The number of aliphatic carboxylic acids is 1. The molecule has 0 atom stereocenters. The Morgan fingerprint density at radius 3 is 2.00 bits per heavy atom. The van der Waals surface area contributed by atoms with Gasteiger partial charge in [0, 0.05) is 11.6 Å². The highest BCUT2D eigenvalue weighted by atomic mass is 16.4. The van der Waals surface area contributed by atoms with Gasteiger partial charge in [0.2, 0.25) is 0 Å². The summed E-state index contributed by atoms with van der Waals surface area (Å²) in [4.78, 5) is 22.1. The predicted molar refractivity (Wildman–Crippen MR) is 61.8 cm³/mol. The third-order valence-corrected chi connectivity index (χ3v) is 2.30. The predicted octanol–water partition coefficient (Wildman–Crippen LogP) is 2.44. The van der Waals surface area contributed by atoms with E-state index in [0.717, 1.165) is 28.8 Å². The smallest absolute Gasteiger partial charge is 0.328 e. The van der Waals surface area contributed by atoms with Crippen LogP contribution in [-0.4, -0.2) is 16.9 Å². The Balaban J connectivity index is 3.14. The maximum Gasteiger partial charge on any atom is 0.328 e. The Morgan fingerprint density at radius 1 is 1.06 bits per heavy atom. The molecule has 1 N–H and O–H groups in total. The van der Waals surface area contributed by atoms with Crippen molar-refractivity contribution in [2.75, 3.05) is 0 Å². The minimum atomic E-state index is -1.12. The number of aryl methyl sites for hydroxylation is 3. The van der Waals surface area contributed by atoms with Crippen LogP contribution in [0, 0.1) is 20.8 Å². The monoisotopic (exact) mass is 218 g/mol. The second-order valence-electron chi connectivity index (χ2n) is 3.81. The first-order valence-electron chi connectivity index (χ1n) is 4.95. The van der Waals surface area contributed by atoms with Crippen LogP contribution < -0.4 is 0 Å². The van der Waals surface area contributed by atoms with E-state index in [2.05, 4.69) is 0 Å². The highest BCUT2D eigenvalue weighted by molar-refractivity contribution is 6.08. The lowest BCUT2D eigenvalue weighted by molar-refractivity contribution is -0.131. The number of benzene rings is 1. The first-order valence-corrected chi connectivity index (χ1v) is 4.95. The van der Waals surface area contributed by atoms with Gasteiger partial charge in [-0.1, -0.05) is 17.7 Å². The van der Waals surface area contributed by atoms with E-state index < -0.39 is 5.97 Å². The van der Waals surface area contributed by atoms with Gasteiger partial charge in [-0.3, -0.25) is 4.79 Å². The average Bonchev–Trinajstić information content (AvgIpc) is 2.12. The maximum atomic E-state index is 11.8. The highest BCUT2D eigenvalue weighted by Gasteiger charge is 2.10. The van der Waals surface area contributed by atoms with Crippen molar-refractivity contribution in [2.24, 2.45) is 0 Å². The number of carboxylic acid groups (broad SMARTS) is 1. The zero-order valence-electron chi connectivity index (χ0n) is 9.57. The molecular formula is C13H14O3. The molecule has 1 rings (SSSR count). The van der Waals surface area contributed by atoms with E-state index in [1.54, 1.807) is 0 Å². The minimum Gasteiger partial charge on any atom is -0.478 e. The fourth-order valence-corrected chi connectivity index (χ4v) is 1.80. The highest BCUT2D eigenvalue weighted by Crippen LogP contribution is 2.17. The number of carbonyl (C=O) groups excluding carboxylic acids is 1. The summed E-state index contributed by atoms with van der Waals surface area (Å²) >= 11 is 0. The first kappa shape index (κ1) is 12.2. The second-order valence-corrected chi connectivity index (χ2v) is 3.81. The van der Waals surface area contributed by atoms with E-state index in [-0.39, 0.29) is 5.78 Å². The molecule has 0 saturated carbocycles. The topological polar surface area (TPSA) is 54.4 Å². The number of rotatable bonds is 3. The Hall–Kier alpha value is -1.90. The third-order valence-electron chi connectivity index (χ3n) is 2.30. The van der Waals surface area contributed by atoms with Gasteiger partial charge in [-0.25, -0.2) is 4.79 Å². The van der Waals surface area contributed by atoms with E-state index in [0.29, 0.717) is 5.56 Å². The van der Waals surface area contributed by atoms with Crippen molar-refractivity contribution in [3.05, 3.63) is 46.5 Å². The summed E-state index contributed by atoms with van der Waals surface area (Å²) in [5.41, 5.74) is 3.42. The molecule has 0 aliphatic rings. The standard InChI is InChI=1S/C13H14O3/c1-8-6-9(2)13(10(3)7-8)11(14)4-5-12(15)16/h4-7H,1-3H3,(H,15,16). The van der Waals surface area contributed by atoms with Crippen LogP contribution in [0.25, 0.3) is 0 Å². The molecule has 0 fully saturated rings. The van der Waals surface area contributed by atoms with Gasteiger partial charge < -0.3 is 5.11 Å². The Bertz CT molecular complexity index is 447. The molecule has 1 aromatic rings. The van der Waals surface area contributed by atoms with E-state index >= 15 is 0 Å². The summed E-state index contributed by atoms with van der Waals surface area (Å²) in [6.07, 6.45) is 1.95. The third kappa shape index (κ3) is 2.79. The second kappa shape index (κ2) is 4.75. The zero-order chi connectivity index (χ0) is 12.3. The zero-order valence-corrected chi connectivity index (χ0v) is 9.57. The average molecular weight is 218 g/mol. The lowest BCUT2D eigenvalue weighted by Crippen LogP contribution is -2.03. The molecule has 3 nitrogen and oxygen atoms in total. The van der Waals surface area contributed by atoms with Crippen molar-refractivity contribution in [1.82, 2.24) is 0 Å². The molecule has 1 aromatic carbocycles. The SMILES string of the molecule is Cc1cc(C)c(C(=O)C=CC(=O)O)c(C)c1. The van der Waals surface area contributed by atoms with Gasteiger partial charge in [-0.2, -0.15) is 0 Å². The minimum absolute atomic E-state index is 0.266. The summed E-state index contributed by atoms with van der Waals surface area (Å²) in [5, 5.41) is 8.45. The van der Waals surface area contributed by atoms with Gasteiger partial charge in [-0.15, -0.1) is 0 Å². The summed E-state index contributed by atoms with van der Waals surface area (Å²) in [7, 11) is 0. The molecule has 0 aromatic heterocycles. The van der Waals surface area contributed by atoms with Crippen LogP contribution in [0.1, 0.15) is 27.0 Å². The van der Waals surface area contributed by atoms with Crippen LogP contribution >= 0.6 is 0 Å². The van der Waals surface area contributed by atoms with Gasteiger partial charge in [0.05, 0.1) is 0 Å². The van der Waals surface area contributed by atoms with Gasteiger partial charge in [0.1, 0.15) is 0 Å². The van der Waals surface area contributed by atoms with E-state index in [9.17, 15) is 9.59 Å². The molecule has 0 unspecified atom stereocenters. The lowest BCUT2D eigenvalue weighted by atomic mass is 9.96. The number of allylic oxidation sites excluding steroid dienone is 1. The van der Waals surface area contributed by atoms with E-state index in [1.807, 2.05) is 32.9 Å². The molecule has 0 aliphatic carbocycles. The molecule has 0 heterocycles. The molecule has 3 heteroatoms. The van der Waals surface area contributed by atoms with E-state index in [1.165, 1.54) is 0 Å². The number of carboxylic acids is 1. The molecule has 84 valence electrons. The van der Waals surface area contributed by atoms with Crippen LogP contribution in [0.15, 0.2) is 24.3 Å². The van der Waals surface area contributed by atoms with Crippen LogP contribution in [0.4, 0.5) is 0 Å². The fourth-order valence-electron chi connectivity index (χ4n) is 1.80. The van der Waals surface area contributed by atoms with Crippen molar-refractivity contribution >= 4 is 11.8 Å². The largest absolute Gasteiger partial charge is 0.478 e. The molecule has 0 amide bonds. The normalized spacial score (nSPS) is 10.7. The molecule has 0 aliphatic heterocycles. The van der Waals surface area contributed by atoms with Crippen LogP contribution in [0.5, 0.6) is 0 Å². The fraction of sp³-hybridized carbons (Fsp3) is 0.231. The Kier molecular flexibility index (Phi) is 3.61. The number of hydrogen-bond donors (Lipinski definition) is 1. The maximum absolute atomic E-state index is 11.8. The van der Waals surface area contributed by atoms with Gasteiger partial charge >= 0.3 is 5.97 Å². The molecule has 0 spiro atoms. The molecule has 0 radical (unpaired) electrons. The Labute approximate surface area is 94.4 Å². The van der Waals surface area contributed by atoms with Crippen LogP contribution in [0.3, 0.4) is 0 Å². The number of hydrogen-bond acceptors (Lipinski definition) is 2. The van der Waals surface area contributed by atoms with Crippen molar-refractivity contribution in [1.29, 1.82) is 0 Å². The lowest BCUT2D eigenvalue weighted by Gasteiger charge is -2.07. The summed E-state index contributed by atoms with van der Waals surface area (Å²) in [5.74, 6) is -1.38. The quantitative estimate of drug-likeness (QED) is 0.626. The number of carbonyl (C=O) groups is 2. The van der Waals surface area contributed by atoms with Gasteiger partial charge in [0.25, 0.3) is 0 Å². The molecule has 0 bridgehead atoms. The van der Waals surface area contributed by atoms with Crippen molar-refractivity contribution < 1.29 is 14.7 Å². The van der Waals surface area contributed by atoms with Crippen molar-refractivity contribution in [3.8, 4) is 0 Å². The summed E-state index contributed by atoms with van der Waals surface area (Å²) < 4.78 is 0. The molecule has 0 saturated heterocycles. The van der Waals surface area contributed by atoms with Gasteiger partial charge in [0.15, 0.2) is 5.78 Å². The molecular weight excluding hydrogens is 204 g/mol. The summed E-state index contributed by atoms with van der Waals surface area (Å²) in [6.45, 7) is 5.66. The van der Waals surface area contributed by atoms with Crippen LogP contribution in [0.2, 0.25) is 0 Å².